The van der Waals surface area contributed by atoms with Crippen LogP contribution < -0.4 is 10.1 Å². The lowest BCUT2D eigenvalue weighted by atomic mass is 10.2. The number of esters is 1. The standard InChI is InChI=1S/C18H17N3O4S/c1-12-5-7-13(8-6-12)24-10-9-17(23)25-11-16(22)19-14-3-2-4-15-18(14)21-26-20-15/h2-8H,9-11H2,1H3,(H,19,22). The molecule has 0 aliphatic rings. The van der Waals surface area contributed by atoms with Crippen molar-refractivity contribution < 1.29 is 19.1 Å². The minimum absolute atomic E-state index is 0.0622. The fourth-order valence-electron chi connectivity index (χ4n) is 2.20. The SMILES string of the molecule is Cc1ccc(OCCC(=O)OCC(=O)Nc2cccc3nsnc23)cc1. The van der Waals surface area contributed by atoms with Gasteiger partial charge in [-0.05, 0) is 31.2 Å². The zero-order valence-corrected chi connectivity index (χ0v) is 14.9. The Hall–Kier alpha value is -3.00. The van der Waals surface area contributed by atoms with Crippen LogP contribution in [0.4, 0.5) is 5.69 Å². The van der Waals surface area contributed by atoms with Crippen molar-refractivity contribution >= 4 is 40.3 Å². The van der Waals surface area contributed by atoms with Crippen LogP contribution in [0.2, 0.25) is 0 Å². The number of nitrogens with zero attached hydrogens (tertiary/aromatic N) is 2. The molecule has 3 aromatic rings. The minimum Gasteiger partial charge on any atom is -0.493 e. The van der Waals surface area contributed by atoms with E-state index in [9.17, 15) is 9.59 Å². The number of aromatic nitrogens is 2. The minimum atomic E-state index is -0.499. The van der Waals surface area contributed by atoms with E-state index >= 15 is 0 Å². The molecule has 3 rings (SSSR count). The Bertz CT molecular complexity index is 908. The van der Waals surface area contributed by atoms with Crippen molar-refractivity contribution in [3.05, 3.63) is 48.0 Å². The number of nitrogens with one attached hydrogen (secondary N) is 1. The van der Waals surface area contributed by atoms with E-state index in [0.717, 1.165) is 17.3 Å². The van der Waals surface area contributed by atoms with Crippen LogP contribution in [0.15, 0.2) is 42.5 Å². The third-order valence-corrected chi connectivity index (χ3v) is 4.06. The molecular formula is C18H17N3O4S. The number of benzene rings is 2. The van der Waals surface area contributed by atoms with Gasteiger partial charge < -0.3 is 14.8 Å². The van der Waals surface area contributed by atoms with Crippen molar-refractivity contribution in [1.29, 1.82) is 0 Å². The average molecular weight is 371 g/mol. The van der Waals surface area contributed by atoms with Crippen LogP contribution in [-0.4, -0.2) is 33.8 Å². The number of carbonyl (C=O) groups excluding carboxylic acids is 2. The highest BCUT2D eigenvalue weighted by Crippen LogP contribution is 2.20. The molecule has 0 saturated heterocycles. The first-order chi connectivity index (χ1) is 12.6. The van der Waals surface area contributed by atoms with Gasteiger partial charge in [0.15, 0.2) is 6.61 Å². The molecule has 0 unspecified atom stereocenters. The van der Waals surface area contributed by atoms with Crippen LogP contribution in [0, 0.1) is 6.92 Å². The Morgan fingerprint density at radius 1 is 1.12 bits per heavy atom. The van der Waals surface area contributed by atoms with Gasteiger partial charge >= 0.3 is 5.97 Å². The number of carbonyl (C=O) groups is 2. The summed E-state index contributed by atoms with van der Waals surface area (Å²) in [6.07, 6.45) is 0.0622. The summed E-state index contributed by atoms with van der Waals surface area (Å²) in [5.74, 6) is -0.245. The molecule has 0 fully saturated rings. The summed E-state index contributed by atoms with van der Waals surface area (Å²) in [4.78, 5) is 23.7. The molecule has 1 amide bonds. The van der Waals surface area contributed by atoms with E-state index in [1.165, 1.54) is 0 Å². The Balaban J connectivity index is 1.40. The number of aryl methyl sites for hydroxylation is 1. The molecule has 8 heteroatoms. The summed E-state index contributed by atoms with van der Waals surface area (Å²) in [6, 6.07) is 12.8. The van der Waals surface area contributed by atoms with E-state index in [0.29, 0.717) is 22.5 Å². The summed E-state index contributed by atoms with van der Waals surface area (Å²) >= 11 is 1.07. The molecule has 0 radical (unpaired) electrons. The van der Waals surface area contributed by atoms with E-state index in [-0.39, 0.29) is 19.6 Å². The Kier molecular flexibility index (Phi) is 5.75. The van der Waals surface area contributed by atoms with Crippen molar-refractivity contribution in [2.45, 2.75) is 13.3 Å². The fraction of sp³-hybridized carbons (Fsp3) is 0.222. The number of fused-ring (bicyclic) bond motifs is 1. The number of hydrogen-bond acceptors (Lipinski definition) is 7. The monoisotopic (exact) mass is 371 g/mol. The Morgan fingerprint density at radius 2 is 1.92 bits per heavy atom. The smallest absolute Gasteiger partial charge is 0.309 e. The van der Waals surface area contributed by atoms with Gasteiger partial charge in [-0.15, -0.1) is 0 Å². The number of ether oxygens (including phenoxy) is 2. The molecule has 1 heterocycles. The Morgan fingerprint density at radius 3 is 2.73 bits per heavy atom. The number of rotatable bonds is 7. The molecule has 0 bridgehead atoms. The predicted octanol–water partition coefficient (Wildman–Crippen LogP) is 2.95. The van der Waals surface area contributed by atoms with Gasteiger partial charge in [-0.25, -0.2) is 0 Å². The van der Waals surface area contributed by atoms with Crippen molar-refractivity contribution in [3.63, 3.8) is 0 Å². The molecule has 0 atom stereocenters. The number of anilines is 1. The fourth-order valence-corrected chi connectivity index (χ4v) is 2.75. The Labute approximate surface area is 154 Å². The third kappa shape index (κ3) is 4.76. The van der Waals surface area contributed by atoms with Gasteiger partial charge in [0.05, 0.1) is 30.4 Å². The first-order valence-electron chi connectivity index (χ1n) is 7.98. The molecule has 0 aliphatic carbocycles. The van der Waals surface area contributed by atoms with Crippen LogP contribution in [0.5, 0.6) is 5.75 Å². The first-order valence-corrected chi connectivity index (χ1v) is 8.71. The van der Waals surface area contributed by atoms with Crippen molar-refractivity contribution in [3.8, 4) is 5.75 Å². The predicted molar refractivity (Wildman–Crippen MR) is 98.3 cm³/mol. The molecular weight excluding hydrogens is 354 g/mol. The van der Waals surface area contributed by atoms with E-state index < -0.39 is 11.9 Å². The second kappa shape index (κ2) is 8.39. The van der Waals surface area contributed by atoms with E-state index in [1.807, 2.05) is 37.3 Å². The summed E-state index contributed by atoms with van der Waals surface area (Å²) < 4.78 is 18.7. The lowest BCUT2D eigenvalue weighted by Crippen LogP contribution is -2.21. The maximum Gasteiger partial charge on any atom is 0.309 e. The molecule has 1 N–H and O–H groups in total. The topological polar surface area (TPSA) is 90.4 Å². The van der Waals surface area contributed by atoms with Gasteiger partial charge in [0.1, 0.15) is 16.8 Å². The third-order valence-electron chi connectivity index (χ3n) is 3.52. The van der Waals surface area contributed by atoms with Gasteiger partial charge in [-0.3, -0.25) is 9.59 Å². The van der Waals surface area contributed by atoms with Crippen LogP contribution in [0.25, 0.3) is 11.0 Å². The number of hydrogen-bond donors (Lipinski definition) is 1. The maximum absolute atomic E-state index is 11.9. The van der Waals surface area contributed by atoms with Crippen LogP contribution in [0.1, 0.15) is 12.0 Å². The zero-order chi connectivity index (χ0) is 18.4. The number of amides is 1. The second-order valence-electron chi connectivity index (χ2n) is 5.56. The molecule has 0 saturated carbocycles. The highest BCUT2D eigenvalue weighted by atomic mass is 32.1. The summed E-state index contributed by atoms with van der Waals surface area (Å²) in [5.41, 5.74) is 2.99. The summed E-state index contributed by atoms with van der Waals surface area (Å²) in [6.45, 7) is 1.81. The largest absolute Gasteiger partial charge is 0.493 e. The molecule has 2 aromatic carbocycles. The highest BCUT2D eigenvalue weighted by Gasteiger charge is 2.11. The molecule has 0 aliphatic heterocycles. The molecule has 1 aromatic heterocycles. The lowest BCUT2D eigenvalue weighted by molar-refractivity contribution is -0.147. The van der Waals surface area contributed by atoms with Crippen molar-refractivity contribution in [1.82, 2.24) is 8.75 Å². The van der Waals surface area contributed by atoms with Gasteiger partial charge in [0, 0.05) is 0 Å². The molecule has 7 nitrogen and oxygen atoms in total. The normalized spacial score (nSPS) is 10.5. The summed E-state index contributed by atoms with van der Waals surface area (Å²) in [7, 11) is 0. The van der Waals surface area contributed by atoms with Crippen molar-refractivity contribution in [2.24, 2.45) is 0 Å². The van der Waals surface area contributed by atoms with Gasteiger partial charge in [-0.1, -0.05) is 23.8 Å². The van der Waals surface area contributed by atoms with E-state index in [2.05, 4.69) is 14.1 Å². The quantitative estimate of drug-likeness (QED) is 0.642. The van der Waals surface area contributed by atoms with Crippen molar-refractivity contribution in [2.75, 3.05) is 18.5 Å². The highest BCUT2D eigenvalue weighted by molar-refractivity contribution is 7.00. The second-order valence-corrected chi connectivity index (χ2v) is 6.09. The van der Waals surface area contributed by atoms with Crippen LogP contribution in [-0.2, 0) is 14.3 Å². The van der Waals surface area contributed by atoms with E-state index in [1.54, 1.807) is 12.1 Å². The van der Waals surface area contributed by atoms with Gasteiger partial charge in [0.2, 0.25) is 0 Å². The first kappa shape index (κ1) is 17.8. The molecule has 134 valence electrons. The van der Waals surface area contributed by atoms with Gasteiger partial charge in [0.25, 0.3) is 5.91 Å². The zero-order valence-electron chi connectivity index (χ0n) is 14.1. The average Bonchev–Trinajstić information content (AvgIpc) is 3.11. The van der Waals surface area contributed by atoms with Crippen LogP contribution >= 0.6 is 11.7 Å². The lowest BCUT2D eigenvalue weighted by Gasteiger charge is -2.08. The molecule has 0 spiro atoms. The summed E-state index contributed by atoms with van der Waals surface area (Å²) in [5, 5.41) is 2.67. The maximum atomic E-state index is 11.9. The van der Waals surface area contributed by atoms with Gasteiger partial charge in [-0.2, -0.15) is 8.75 Å². The molecule has 26 heavy (non-hydrogen) atoms. The van der Waals surface area contributed by atoms with E-state index in [4.69, 9.17) is 9.47 Å². The van der Waals surface area contributed by atoms with Crippen LogP contribution in [0.3, 0.4) is 0 Å².